The van der Waals surface area contributed by atoms with E-state index in [4.69, 9.17) is 5.11 Å². The van der Waals surface area contributed by atoms with E-state index in [0.717, 1.165) is 6.42 Å². The zero-order chi connectivity index (χ0) is 11.3. The zero-order valence-electron chi connectivity index (χ0n) is 8.40. The third-order valence-electron chi connectivity index (χ3n) is 1.96. The number of aliphatic carboxylic acids is 1. The van der Waals surface area contributed by atoms with E-state index in [1.54, 1.807) is 16.8 Å². The lowest BCUT2D eigenvalue weighted by atomic mass is 10.1. The van der Waals surface area contributed by atoms with E-state index >= 15 is 0 Å². The van der Waals surface area contributed by atoms with E-state index in [2.05, 4.69) is 5.32 Å². The monoisotopic (exact) mass is 227 g/mol. The fraction of sp³-hybridized carbons (Fsp3) is 0.400. The smallest absolute Gasteiger partial charge is 0.326 e. The van der Waals surface area contributed by atoms with Gasteiger partial charge in [-0.05, 0) is 17.9 Å². The highest BCUT2D eigenvalue weighted by Crippen LogP contribution is 2.07. The Morgan fingerprint density at radius 2 is 2.33 bits per heavy atom. The first-order valence-electron chi connectivity index (χ1n) is 4.71. The number of carbonyl (C=O) groups is 2. The molecule has 0 bridgehead atoms. The van der Waals surface area contributed by atoms with Crippen LogP contribution in [0.1, 0.15) is 30.1 Å². The molecule has 82 valence electrons. The summed E-state index contributed by atoms with van der Waals surface area (Å²) in [7, 11) is 0. The van der Waals surface area contributed by atoms with Crippen LogP contribution in [0.15, 0.2) is 16.8 Å². The van der Waals surface area contributed by atoms with Crippen molar-refractivity contribution in [2.75, 3.05) is 0 Å². The van der Waals surface area contributed by atoms with Crippen LogP contribution >= 0.6 is 11.3 Å². The van der Waals surface area contributed by atoms with Gasteiger partial charge < -0.3 is 10.4 Å². The molecule has 0 saturated heterocycles. The lowest BCUT2D eigenvalue weighted by molar-refractivity contribution is -0.139. The highest BCUT2D eigenvalue weighted by atomic mass is 32.1. The largest absolute Gasteiger partial charge is 0.480 e. The maximum absolute atomic E-state index is 11.5. The highest BCUT2D eigenvalue weighted by Gasteiger charge is 2.19. The molecule has 1 rings (SSSR count). The Hall–Kier alpha value is -1.36. The molecule has 0 aliphatic carbocycles. The van der Waals surface area contributed by atoms with Crippen molar-refractivity contribution in [3.63, 3.8) is 0 Å². The van der Waals surface area contributed by atoms with Crippen LogP contribution in [0.3, 0.4) is 0 Å². The average Bonchev–Trinajstić information content (AvgIpc) is 2.69. The molecule has 0 saturated carbocycles. The lowest BCUT2D eigenvalue weighted by Gasteiger charge is -2.12. The van der Waals surface area contributed by atoms with E-state index in [1.807, 2.05) is 6.92 Å². The number of amides is 1. The summed E-state index contributed by atoms with van der Waals surface area (Å²) in [5.74, 6) is -1.31. The molecule has 1 aromatic rings. The van der Waals surface area contributed by atoms with Crippen LogP contribution in [0.2, 0.25) is 0 Å². The summed E-state index contributed by atoms with van der Waals surface area (Å²) >= 11 is 1.41. The fourth-order valence-corrected chi connectivity index (χ4v) is 1.82. The fourth-order valence-electron chi connectivity index (χ4n) is 1.18. The Labute approximate surface area is 91.9 Å². The molecule has 0 spiro atoms. The van der Waals surface area contributed by atoms with Crippen molar-refractivity contribution in [2.24, 2.45) is 0 Å². The van der Waals surface area contributed by atoms with Gasteiger partial charge in [0, 0.05) is 5.38 Å². The second-order valence-electron chi connectivity index (χ2n) is 3.16. The Balaban J connectivity index is 2.59. The van der Waals surface area contributed by atoms with Crippen molar-refractivity contribution in [1.82, 2.24) is 5.32 Å². The molecule has 15 heavy (non-hydrogen) atoms. The van der Waals surface area contributed by atoms with E-state index in [9.17, 15) is 9.59 Å². The van der Waals surface area contributed by atoms with Crippen LogP contribution in [0, 0.1) is 0 Å². The van der Waals surface area contributed by atoms with E-state index < -0.39 is 12.0 Å². The van der Waals surface area contributed by atoms with E-state index in [1.165, 1.54) is 11.3 Å². The van der Waals surface area contributed by atoms with Crippen molar-refractivity contribution in [2.45, 2.75) is 25.8 Å². The topological polar surface area (TPSA) is 66.4 Å². The van der Waals surface area contributed by atoms with Crippen LogP contribution in [0.25, 0.3) is 0 Å². The summed E-state index contributed by atoms with van der Waals surface area (Å²) in [6.07, 6.45) is 1.17. The number of carboxylic acids is 1. The Morgan fingerprint density at radius 3 is 2.80 bits per heavy atom. The molecule has 0 fully saturated rings. The summed E-state index contributed by atoms with van der Waals surface area (Å²) in [5.41, 5.74) is 0.516. The summed E-state index contributed by atoms with van der Waals surface area (Å²) in [6, 6.07) is 0.882. The Kier molecular flexibility index (Phi) is 4.30. The van der Waals surface area contributed by atoms with Crippen LogP contribution < -0.4 is 5.32 Å². The molecule has 1 unspecified atom stereocenters. The van der Waals surface area contributed by atoms with Gasteiger partial charge in [-0.2, -0.15) is 11.3 Å². The molecule has 0 aliphatic heterocycles. The van der Waals surface area contributed by atoms with Crippen molar-refractivity contribution < 1.29 is 14.7 Å². The Bertz CT molecular complexity index is 334. The minimum Gasteiger partial charge on any atom is -0.480 e. The van der Waals surface area contributed by atoms with Gasteiger partial charge in [0.1, 0.15) is 6.04 Å². The average molecular weight is 227 g/mol. The standard InChI is InChI=1S/C10H13NO3S/c1-2-3-8(10(13)14)11-9(12)7-4-5-15-6-7/h4-6,8H,2-3H2,1H3,(H,11,12)(H,13,14). The molecule has 0 radical (unpaired) electrons. The molecule has 0 aliphatic rings. The van der Waals surface area contributed by atoms with Crippen molar-refractivity contribution in [1.29, 1.82) is 0 Å². The maximum atomic E-state index is 11.5. The van der Waals surface area contributed by atoms with Gasteiger partial charge in [0.05, 0.1) is 5.56 Å². The Morgan fingerprint density at radius 1 is 1.60 bits per heavy atom. The molecule has 1 amide bonds. The van der Waals surface area contributed by atoms with Crippen LogP contribution in [-0.4, -0.2) is 23.0 Å². The zero-order valence-corrected chi connectivity index (χ0v) is 9.21. The van der Waals surface area contributed by atoms with Crippen molar-refractivity contribution in [3.05, 3.63) is 22.4 Å². The van der Waals surface area contributed by atoms with E-state index in [-0.39, 0.29) is 5.91 Å². The number of carboxylic acid groups (broad SMARTS) is 1. The van der Waals surface area contributed by atoms with Gasteiger partial charge in [0.15, 0.2) is 0 Å². The number of thiophene rings is 1. The van der Waals surface area contributed by atoms with Gasteiger partial charge in [0.2, 0.25) is 0 Å². The summed E-state index contributed by atoms with van der Waals surface area (Å²) < 4.78 is 0. The molecule has 1 aromatic heterocycles. The van der Waals surface area contributed by atoms with Gasteiger partial charge in [-0.25, -0.2) is 4.79 Å². The summed E-state index contributed by atoms with van der Waals surface area (Å²) in [6.45, 7) is 1.88. The van der Waals surface area contributed by atoms with Crippen LogP contribution in [0.5, 0.6) is 0 Å². The molecular formula is C10H13NO3S. The first kappa shape index (κ1) is 11.7. The summed E-state index contributed by atoms with van der Waals surface area (Å²) in [4.78, 5) is 22.3. The SMILES string of the molecule is CCCC(NC(=O)c1ccsc1)C(=O)O. The molecule has 0 aromatic carbocycles. The molecular weight excluding hydrogens is 214 g/mol. The molecule has 2 N–H and O–H groups in total. The van der Waals surface area contributed by atoms with Gasteiger partial charge in [-0.15, -0.1) is 0 Å². The number of rotatable bonds is 5. The maximum Gasteiger partial charge on any atom is 0.326 e. The lowest BCUT2D eigenvalue weighted by Crippen LogP contribution is -2.40. The predicted molar refractivity (Wildman–Crippen MR) is 58.1 cm³/mol. The minimum atomic E-state index is -0.986. The van der Waals surface area contributed by atoms with Crippen LogP contribution in [-0.2, 0) is 4.79 Å². The second-order valence-corrected chi connectivity index (χ2v) is 3.95. The van der Waals surface area contributed by atoms with Crippen LogP contribution in [0.4, 0.5) is 0 Å². The number of hydrogen-bond donors (Lipinski definition) is 2. The highest BCUT2D eigenvalue weighted by molar-refractivity contribution is 7.08. The minimum absolute atomic E-state index is 0.322. The molecule has 4 nitrogen and oxygen atoms in total. The van der Waals surface area contributed by atoms with E-state index in [0.29, 0.717) is 12.0 Å². The normalized spacial score (nSPS) is 12.1. The van der Waals surface area contributed by atoms with Crippen molar-refractivity contribution in [3.8, 4) is 0 Å². The van der Waals surface area contributed by atoms with Gasteiger partial charge in [0.25, 0.3) is 5.91 Å². The van der Waals surface area contributed by atoms with Gasteiger partial charge in [-0.3, -0.25) is 4.79 Å². The number of nitrogens with one attached hydrogen (secondary N) is 1. The van der Waals surface area contributed by atoms with Crippen molar-refractivity contribution >= 4 is 23.2 Å². The first-order valence-corrected chi connectivity index (χ1v) is 5.65. The molecule has 5 heteroatoms. The predicted octanol–water partition coefficient (Wildman–Crippen LogP) is 1.73. The molecule has 1 heterocycles. The third kappa shape index (κ3) is 3.36. The number of hydrogen-bond acceptors (Lipinski definition) is 3. The first-order chi connectivity index (χ1) is 7.15. The summed E-state index contributed by atoms with van der Waals surface area (Å²) in [5, 5.41) is 14.8. The van der Waals surface area contributed by atoms with Gasteiger partial charge in [-0.1, -0.05) is 13.3 Å². The quantitative estimate of drug-likeness (QED) is 0.805. The second kappa shape index (κ2) is 5.50. The molecule has 1 atom stereocenters. The van der Waals surface area contributed by atoms with Gasteiger partial charge >= 0.3 is 5.97 Å². The number of carbonyl (C=O) groups excluding carboxylic acids is 1. The third-order valence-corrected chi connectivity index (χ3v) is 2.65.